The van der Waals surface area contributed by atoms with E-state index in [4.69, 9.17) is 0 Å². The van der Waals surface area contributed by atoms with E-state index in [2.05, 4.69) is 10.3 Å². The number of aromatic hydroxyl groups is 1. The molecule has 9 heteroatoms. The van der Waals surface area contributed by atoms with E-state index < -0.39 is 11.2 Å². The topological polar surface area (TPSA) is 111 Å². The first-order valence-electron chi connectivity index (χ1n) is 7.50. The van der Waals surface area contributed by atoms with Gasteiger partial charge in [-0.25, -0.2) is 9.78 Å². The van der Waals surface area contributed by atoms with Gasteiger partial charge in [0.05, 0.1) is 6.33 Å². The normalized spacial score (nSPS) is 11.0. The molecule has 25 heavy (non-hydrogen) atoms. The van der Waals surface area contributed by atoms with Gasteiger partial charge in [-0.3, -0.25) is 18.7 Å². The average Bonchev–Trinajstić information content (AvgIpc) is 2.97. The number of imidazole rings is 1. The zero-order valence-electron chi connectivity index (χ0n) is 14.0. The maximum Gasteiger partial charge on any atom is 0.332 e. The number of nitrogens with one attached hydrogen (secondary N) is 1. The van der Waals surface area contributed by atoms with Gasteiger partial charge < -0.3 is 15.0 Å². The smallest absolute Gasteiger partial charge is 0.332 e. The second kappa shape index (κ2) is 5.93. The second-order valence-electron chi connectivity index (χ2n) is 5.80. The first kappa shape index (κ1) is 16.5. The van der Waals surface area contributed by atoms with Crippen LogP contribution >= 0.6 is 0 Å². The van der Waals surface area contributed by atoms with Crippen molar-refractivity contribution in [1.29, 1.82) is 0 Å². The molecule has 3 aromatic rings. The van der Waals surface area contributed by atoms with Crippen molar-refractivity contribution in [3.8, 4) is 5.75 Å². The molecule has 0 atom stereocenters. The minimum Gasteiger partial charge on any atom is -0.508 e. The Morgan fingerprint density at radius 2 is 1.96 bits per heavy atom. The Kier molecular flexibility index (Phi) is 3.91. The lowest BCUT2D eigenvalue weighted by atomic mass is 10.2. The second-order valence-corrected chi connectivity index (χ2v) is 5.80. The molecule has 2 aromatic heterocycles. The molecule has 2 N–H and O–H groups in total. The zero-order valence-corrected chi connectivity index (χ0v) is 14.0. The Morgan fingerprint density at radius 1 is 1.24 bits per heavy atom. The highest BCUT2D eigenvalue weighted by Crippen LogP contribution is 2.20. The summed E-state index contributed by atoms with van der Waals surface area (Å²) in [6.45, 7) is 1.62. The largest absolute Gasteiger partial charge is 0.508 e. The highest BCUT2D eigenvalue weighted by molar-refractivity contribution is 5.92. The number of aromatic nitrogens is 4. The van der Waals surface area contributed by atoms with E-state index in [1.54, 1.807) is 13.0 Å². The highest BCUT2D eigenvalue weighted by atomic mass is 16.3. The molecule has 0 fully saturated rings. The summed E-state index contributed by atoms with van der Waals surface area (Å²) in [6, 6.07) is 4.60. The number of hydrogen-bond acceptors (Lipinski definition) is 5. The van der Waals surface area contributed by atoms with Gasteiger partial charge in [0.2, 0.25) is 5.91 Å². The number of aryl methyl sites for hydroxylation is 2. The Morgan fingerprint density at radius 3 is 2.64 bits per heavy atom. The predicted octanol–water partition coefficient (Wildman–Crippen LogP) is 0.0864. The van der Waals surface area contributed by atoms with Crippen LogP contribution < -0.4 is 16.6 Å². The molecule has 0 aliphatic rings. The Bertz CT molecular complexity index is 1110. The van der Waals surface area contributed by atoms with Crippen LogP contribution in [0, 0.1) is 6.92 Å². The van der Waals surface area contributed by atoms with Crippen LogP contribution in [0.15, 0.2) is 34.1 Å². The number of carbonyl (C=O) groups excluding carboxylic acids is 1. The average molecular weight is 343 g/mol. The Balaban J connectivity index is 1.94. The van der Waals surface area contributed by atoms with E-state index in [9.17, 15) is 19.5 Å². The monoisotopic (exact) mass is 343 g/mol. The third-order valence-corrected chi connectivity index (χ3v) is 4.02. The Labute approximate surface area is 141 Å². The van der Waals surface area contributed by atoms with Gasteiger partial charge in [0.15, 0.2) is 11.2 Å². The molecule has 0 bridgehead atoms. The van der Waals surface area contributed by atoms with Crippen LogP contribution in [0.2, 0.25) is 0 Å². The van der Waals surface area contributed by atoms with E-state index in [1.165, 1.54) is 41.7 Å². The summed E-state index contributed by atoms with van der Waals surface area (Å²) < 4.78 is 3.64. The molecule has 1 aromatic carbocycles. The van der Waals surface area contributed by atoms with Gasteiger partial charge in [-0.2, -0.15) is 0 Å². The zero-order chi connectivity index (χ0) is 18.3. The van der Waals surface area contributed by atoms with Crippen molar-refractivity contribution in [2.75, 3.05) is 5.32 Å². The van der Waals surface area contributed by atoms with Crippen molar-refractivity contribution in [2.45, 2.75) is 13.5 Å². The molecule has 0 aliphatic carbocycles. The van der Waals surface area contributed by atoms with Crippen LogP contribution in [-0.2, 0) is 25.4 Å². The maximum atomic E-state index is 12.3. The number of carbonyl (C=O) groups is 1. The number of phenols is 1. The molecule has 1 amide bonds. The molecule has 9 nitrogen and oxygen atoms in total. The van der Waals surface area contributed by atoms with Crippen LogP contribution in [0.25, 0.3) is 11.2 Å². The fourth-order valence-corrected chi connectivity index (χ4v) is 2.65. The van der Waals surface area contributed by atoms with Gasteiger partial charge >= 0.3 is 5.69 Å². The summed E-state index contributed by atoms with van der Waals surface area (Å²) >= 11 is 0. The number of amides is 1. The highest BCUT2D eigenvalue weighted by Gasteiger charge is 2.16. The van der Waals surface area contributed by atoms with E-state index in [-0.39, 0.29) is 29.4 Å². The van der Waals surface area contributed by atoms with Crippen LogP contribution in [0.4, 0.5) is 5.69 Å². The summed E-state index contributed by atoms with van der Waals surface area (Å²) in [5.41, 5.74) is 0.690. The predicted molar refractivity (Wildman–Crippen MR) is 91.7 cm³/mol. The van der Waals surface area contributed by atoms with Gasteiger partial charge in [0, 0.05) is 19.8 Å². The van der Waals surface area contributed by atoms with Crippen LogP contribution in [0.1, 0.15) is 5.56 Å². The molecule has 0 spiro atoms. The van der Waals surface area contributed by atoms with E-state index in [0.29, 0.717) is 11.3 Å². The van der Waals surface area contributed by atoms with Gasteiger partial charge in [0.1, 0.15) is 12.3 Å². The van der Waals surface area contributed by atoms with Gasteiger partial charge in [-0.05, 0) is 30.7 Å². The quantitative estimate of drug-likeness (QED) is 0.655. The summed E-state index contributed by atoms with van der Waals surface area (Å²) in [4.78, 5) is 40.6. The molecule has 0 radical (unpaired) electrons. The van der Waals surface area contributed by atoms with Gasteiger partial charge in [-0.1, -0.05) is 0 Å². The van der Waals surface area contributed by atoms with E-state index in [0.717, 1.165) is 4.57 Å². The lowest BCUT2D eigenvalue weighted by Crippen LogP contribution is -2.37. The van der Waals surface area contributed by atoms with Crippen molar-refractivity contribution in [3.05, 3.63) is 50.9 Å². The molecule has 0 saturated carbocycles. The lowest BCUT2D eigenvalue weighted by Gasteiger charge is -2.10. The molecular formula is C16H17N5O4. The molecule has 3 rings (SSSR count). The lowest BCUT2D eigenvalue weighted by molar-refractivity contribution is -0.116. The molecule has 0 aliphatic heterocycles. The summed E-state index contributed by atoms with van der Waals surface area (Å²) in [5.74, 6) is -0.246. The number of rotatable bonds is 3. The standard InChI is InChI=1S/C16H17N5O4/c1-9-6-10(22)4-5-11(9)18-12(23)7-21-8-17-14-13(21)15(24)20(3)16(25)19(14)2/h4-6,8,22H,7H2,1-3H3,(H,18,23). The van der Waals surface area contributed by atoms with E-state index >= 15 is 0 Å². The number of phenolic OH excluding ortho intramolecular Hbond substituents is 1. The van der Waals surface area contributed by atoms with Crippen molar-refractivity contribution >= 4 is 22.8 Å². The van der Waals surface area contributed by atoms with Crippen molar-refractivity contribution in [2.24, 2.45) is 14.1 Å². The van der Waals surface area contributed by atoms with Gasteiger partial charge in [-0.15, -0.1) is 0 Å². The number of nitrogens with zero attached hydrogens (tertiary/aromatic N) is 4. The van der Waals surface area contributed by atoms with Crippen LogP contribution in [-0.4, -0.2) is 29.7 Å². The number of hydrogen-bond donors (Lipinski definition) is 2. The third kappa shape index (κ3) is 2.80. The van der Waals surface area contributed by atoms with Gasteiger partial charge in [0.25, 0.3) is 5.56 Å². The number of benzene rings is 1. The SMILES string of the molecule is Cc1cc(O)ccc1NC(=O)Cn1cnc2c1c(=O)n(C)c(=O)n2C. The fraction of sp³-hybridized carbons (Fsp3) is 0.250. The first-order chi connectivity index (χ1) is 11.8. The van der Waals surface area contributed by atoms with Crippen LogP contribution in [0.3, 0.4) is 0 Å². The maximum absolute atomic E-state index is 12.3. The third-order valence-electron chi connectivity index (χ3n) is 4.02. The fourth-order valence-electron chi connectivity index (χ4n) is 2.65. The van der Waals surface area contributed by atoms with Crippen LogP contribution in [0.5, 0.6) is 5.75 Å². The molecule has 130 valence electrons. The van der Waals surface area contributed by atoms with Crippen molar-refractivity contribution in [3.63, 3.8) is 0 Å². The molecule has 0 saturated heterocycles. The molecular weight excluding hydrogens is 326 g/mol. The summed E-state index contributed by atoms with van der Waals surface area (Å²) in [7, 11) is 2.89. The first-order valence-corrected chi connectivity index (χ1v) is 7.50. The molecule has 2 heterocycles. The Hall–Kier alpha value is -3.36. The van der Waals surface area contributed by atoms with Crippen molar-refractivity contribution in [1.82, 2.24) is 18.7 Å². The number of fused-ring (bicyclic) bond motifs is 1. The summed E-state index contributed by atoms with van der Waals surface area (Å²) in [5, 5.41) is 12.1. The summed E-state index contributed by atoms with van der Waals surface area (Å²) in [6.07, 6.45) is 1.36. The minimum absolute atomic E-state index is 0.112. The van der Waals surface area contributed by atoms with Crippen molar-refractivity contribution < 1.29 is 9.90 Å². The van der Waals surface area contributed by atoms with E-state index in [1.807, 2.05) is 0 Å². The number of anilines is 1. The molecule has 0 unspecified atom stereocenters. The minimum atomic E-state index is -0.510.